The molecule has 0 saturated heterocycles. The van der Waals surface area contributed by atoms with Crippen LogP contribution >= 0.6 is 11.6 Å². The number of carbonyl (C=O) groups excluding carboxylic acids is 1. The van der Waals surface area contributed by atoms with Gasteiger partial charge in [-0.2, -0.15) is 5.10 Å². The number of alkyl halides is 2. The number of amides is 1. The van der Waals surface area contributed by atoms with Crippen LogP contribution in [0.4, 0.5) is 8.78 Å². The van der Waals surface area contributed by atoms with E-state index in [1.54, 1.807) is 0 Å². The van der Waals surface area contributed by atoms with Crippen molar-refractivity contribution in [3.63, 3.8) is 0 Å². The largest absolute Gasteiger partial charge is 0.365 e. The van der Waals surface area contributed by atoms with E-state index in [0.29, 0.717) is 0 Å². The van der Waals surface area contributed by atoms with Crippen LogP contribution in [0.1, 0.15) is 22.5 Å². The maximum Gasteiger partial charge on any atom is 0.283 e. The second kappa shape index (κ2) is 3.29. The molecule has 1 aromatic rings. The van der Waals surface area contributed by atoms with Gasteiger partial charge in [0.2, 0.25) is 0 Å². The molecule has 0 radical (unpaired) electrons. The van der Waals surface area contributed by atoms with Crippen molar-refractivity contribution < 1.29 is 13.6 Å². The van der Waals surface area contributed by atoms with Crippen LogP contribution in [0.2, 0.25) is 5.15 Å². The standard InChI is InChI=1S/C6H6ClF2N3O/c1-12-4(7)2(6(10)13)3(11-12)5(8)9/h5H,1H3,(H2,10,13). The van der Waals surface area contributed by atoms with Crippen LogP contribution in [0.15, 0.2) is 0 Å². The number of nitrogens with zero attached hydrogens (tertiary/aromatic N) is 2. The Labute approximate surface area is 77.3 Å². The summed E-state index contributed by atoms with van der Waals surface area (Å²) in [6, 6.07) is 0. The summed E-state index contributed by atoms with van der Waals surface area (Å²) in [5.74, 6) is -1.01. The van der Waals surface area contributed by atoms with E-state index < -0.39 is 23.6 Å². The topological polar surface area (TPSA) is 60.9 Å². The first-order valence-electron chi connectivity index (χ1n) is 3.25. The second-order valence-electron chi connectivity index (χ2n) is 2.34. The fourth-order valence-electron chi connectivity index (χ4n) is 0.904. The molecular weight excluding hydrogens is 204 g/mol. The summed E-state index contributed by atoms with van der Waals surface area (Å²) in [4.78, 5) is 10.7. The molecule has 1 rings (SSSR count). The Morgan fingerprint density at radius 2 is 2.23 bits per heavy atom. The molecule has 7 heteroatoms. The molecule has 0 atom stereocenters. The third kappa shape index (κ3) is 1.62. The van der Waals surface area contributed by atoms with Gasteiger partial charge in [0, 0.05) is 7.05 Å². The summed E-state index contributed by atoms with van der Waals surface area (Å²) in [7, 11) is 1.35. The summed E-state index contributed by atoms with van der Waals surface area (Å²) in [6.07, 6.45) is -2.86. The van der Waals surface area contributed by atoms with Crippen molar-refractivity contribution in [2.75, 3.05) is 0 Å². The van der Waals surface area contributed by atoms with Gasteiger partial charge in [-0.25, -0.2) is 8.78 Å². The van der Waals surface area contributed by atoms with Crippen LogP contribution in [0.25, 0.3) is 0 Å². The number of aromatic nitrogens is 2. The van der Waals surface area contributed by atoms with Gasteiger partial charge in [0.1, 0.15) is 16.4 Å². The lowest BCUT2D eigenvalue weighted by Gasteiger charge is -1.95. The third-order valence-corrected chi connectivity index (χ3v) is 1.89. The molecule has 72 valence electrons. The molecule has 13 heavy (non-hydrogen) atoms. The summed E-state index contributed by atoms with van der Waals surface area (Å²) < 4.78 is 25.5. The van der Waals surface area contributed by atoms with Crippen molar-refractivity contribution in [2.24, 2.45) is 12.8 Å². The lowest BCUT2D eigenvalue weighted by Crippen LogP contribution is -2.13. The zero-order chi connectivity index (χ0) is 10.2. The van der Waals surface area contributed by atoms with E-state index in [1.165, 1.54) is 7.05 Å². The van der Waals surface area contributed by atoms with Gasteiger partial charge in [0.25, 0.3) is 12.3 Å². The van der Waals surface area contributed by atoms with Gasteiger partial charge in [-0.15, -0.1) is 0 Å². The van der Waals surface area contributed by atoms with Gasteiger partial charge in [0.15, 0.2) is 0 Å². The number of carbonyl (C=O) groups is 1. The van der Waals surface area contributed by atoms with E-state index >= 15 is 0 Å². The van der Waals surface area contributed by atoms with Crippen molar-refractivity contribution in [3.05, 3.63) is 16.4 Å². The third-order valence-electron chi connectivity index (χ3n) is 1.46. The number of nitrogens with two attached hydrogens (primary N) is 1. The molecule has 1 heterocycles. The van der Waals surface area contributed by atoms with Gasteiger partial charge in [-0.1, -0.05) is 11.6 Å². The minimum absolute atomic E-state index is 0.178. The number of primary amides is 1. The molecule has 1 aromatic heterocycles. The quantitative estimate of drug-likeness (QED) is 0.793. The normalized spacial score (nSPS) is 10.8. The Morgan fingerprint density at radius 3 is 2.54 bits per heavy atom. The minimum Gasteiger partial charge on any atom is -0.365 e. The molecule has 1 amide bonds. The Bertz CT molecular complexity index is 350. The summed E-state index contributed by atoms with van der Waals surface area (Å²) in [6.45, 7) is 0. The SMILES string of the molecule is Cn1nc(C(F)F)c(C(N)=O)c1Cl. The highest BCUT2D eigenvalue weighted by atomic mass is 35.5. The monoisotopic (exact) mass is 209 g/mol. The Morgan fingerprint density at radius 1 is 1.69 bits per heavy atom. The number of rotatable bonds is 2. The summed E-state index contributed by atoms with van der Waals surface area (Å²) >= 11 is 5.52. The smallest absolute Gasteiger partial charge is 0.283 e. The second-order valence-corrected chi connectivity index (χ2v) is 2.70. The van der Waals surface area contributed by atoms with Gasteiger partial charge in [-0.3, -0.25) is 9.48 Å². The van der Waals surface area contributed by atoms with Crippen molar-refractivity contribution >= 4 is 17.5 Å². The highest BCUT2D eigenvalue weighted by Crippen LogP contribution is 2.26. The molecule has 0 fully saturated rings. The molecule has 0 bridgehead atoms. The average Bonchev–Trinajstić information content (AvgIpc) is 2.28. The molecule has 0 aliphatic rings. The molecule has 2 N–H and O–H groups in total. The first-order chi connectivity index (χ1) is 5.95. The molecule has 0 aliphatic heterocycles. The molecule has 0 aromatic carbocycles. The molecular formula is C6H6ClF2N3O. The highest BCUT2D eigenvalue weighted by molar-refractivity contribution is 6.33. The zero-order valence-corrected chi connectivity index (χ0v) is 7.35. The van der Waals surface area contributed by atoms with Crippen molar-refractivity contribution in [3.8, 4) is 0 Å². The van der Waals surface area contributed by atoms with Crippen molar-refractivity contribution in [1.29, 1.82) is 0 Å². The van der Waals surface area contributed by atoms with Crippen LogP contribution < -0.4 is 5.73 Å². The number of halogens is 3. The van der Waals surface area contributed by atoms with E-state index in [-0.39, 0.29) is 5.15 Å². The first-order valence-corrected chi connectivity index (χ1v) is 3.63. The predicted molar refractivity (Wildman–Crippen MR) is 41.7 cm³/mol. The maximum absolute atomic E-state index is 12.2. The van der Waals surface area contributed by atoms with Gasteiger partial charge >= 0.3 is 0 Å². The number of aryl methyl sites for hydroxylation is 1. The van der Waals surface area contributed by atoms with Crippen molar-refractivity contribution in [2.45, 2.75) is 6.43 Å². The maximum atomic E-state index is 12.2. The van der Waals surface area contributed by atoms with Crippen LogP contribution in [0, 0.1) is 0 Å². The fraction of sp³-hybridized carbons (Fsp3) is 0.333. The Balaban J connectivity index is 3.35. The highest BCUT2D eigenvalue weighted by Gasteiger charge is 2.25. The average molecular weight is 210 g/mol. The van der Waals surface area contributed by atoms with Crippen LogP contribution in [-0.2, 0) is 7.05 Å². The van der Waals surface area contributed by atoms with E-state index in [0.717, 1.165) is 4.68 Å². The van der Waals surface area contributed by atoms with E-state index in [2.05, 4.69) is 5.10 Å². The molecule has 0 saturated carbocycles. The van der Waals surface area contributed by atoms with E-state index in [1.807, 2.05) is 0 Å². The van der Waals surface area contributed by atoms with E-state index in [4.69, 9.17) is 17.3 Å². The van der Waals surface area contributed by atoms with Crippen molar-refractivity contribution in [1.82, 2.24) is 9.78 Å². The van der Waals surface area contributed by atoms with Gasteiger partial charge in [-0.05, 0) is 0 Å². The van der Waals surface area contributed by atoms with Gasteiger partial charge in [0.05, 0.1) is 0 Å². The Kier molecular flexibility index (Phi) is 2.51. The van der Waals surface area contributed by atoms with Crippen LogP contribution in [-0.4, -0.2) is 15.7 Å². The lowest BCUT2D eigenvalue weighted by atomic mass is 10.2. The molecule has 0 unspecified atom stereocenters. The van der Waals surface area contributed by atoms with E-state index in [9.17, 15) is 13.6 Å². The number of hydrogen-bond acceptors (Lipinski definition) is 2. The number of hydrogen-bond donors (Lipinski definition) is 1. The minimum atomic E-state index is -2.86. The van der Waals surface area contributed by atoms with Crippen LogP contribution in [0.3, 0.4) is 0 Å². The van der Waals surface area contributed by atoms with Gasteiger partial charge < -0.3 is 5.73 Å². The molecule has 0 aliphatic carbocycles. The summed E-state index contributed by atoms with van der Waals surface area (Å²) in [5.41, 5.74) is 3.76. The lowest BCUT2D eigenvalue weighted by molar-refractivity contribution is 0.0985. The Hall–Kier alpha value is -1.17. The zero-order valence-electron chi connectivity index (χ0n) is 6.59. The summed E-state index contributed by atoms with van der Waals surface area (Å²) in [5, 5.41) is 3.19. The predicted octanol–water partition coefficient (Wildman–Crippen LogP) is 1.11. The first kappa shape index (κ1) is 9.91. The molecule has 0 spiro atoms. The molecule has 4 nitrogen and oxygen atoms in total. The fourth-order valence-corrected chi connectivity index (χ4v) is 1.13. The van der Waals surface area contributed by atoms with Crippen LogP contribution in [0.5, 0.6) is 0 Å².